The van der Waals surface area contributed by atoms with Gasteiger partial charge in [-0.2, -0.15) is 0 Å². The number of aromatic amines is 1. The van der Waals surface area contributed by atoms with Gasteiger partial charge >= 0.3 is 0 Å². The minimum absolute atomic E-state index is 0.0324. The van der Waals surface area contributed by atoms with E-state index in [2.05, 4.69) is 9.97 Å². The normalized spacial score (nSPS) is 11.1. The van der Waals surface area contributed by atoms with E-state index in [0.717, 1.165) is 33.2 Å². The van der Waals surface area contributed by atoms with E-state index < -0.39 is 11.6 Å². The van der Waals surface area contributed by atoms with E-state index in [1.165, 1.54) is 18.2 Å². The van der Waals surface area contributed by atoms with Gasteiger partial charge in [-0.05, 0) is 54.8 Å². The molecule has 4 aromatic rings. The largest absolute Gasteiger partial charge is 0.481 e. The number of benzene rings is 2. The van der Waals surface area contributed by atoms with E-state index in [1.807, 2.05) is 38.1 Å². The maximum atomic E-state index is 14.2. The van der Waals surface area contributed by atoms with Crippen molar-refractivity contribution in [3.05, 3.63) is 71.4 Å². The van der Waals surface area contributed by atoms with E-state index in [4.69, 9.17) is 4.74 Å². The Morgan fingerprint density at radius 3 is 2.41 bits per heavy atom. The molecular weight excluding hydrogens is 346 g/mol. The summed E-state index contributed by atoms with van der Waals surface area (Å²) in [5, 5.41) is 0.917. The lowest BCUT2D eigenvalue weighted by Crippen LogP contribution is -1.91. The molecule has 1 N–H and O–H groups in total. The number of hydrogen-bond acceptors (Lipinski definition) is 2. The highest BCUT2D eigenvalue weighted by Crippen LogP contribution is 2.35. The Labute approximate surface area is 155 Å². The number of nitrogens with one attached hydrogen (secondary N) is 1. The van der Waals surface area contributed by atoms with E-state index in [-0.39, 0.29) is 5.56 Å². The molecule has 0 atom stereocenters. The van der Waals surface area contributed by atoms with Gasteiger partial charge in [0.05, 0.1) is 18.4 Å². The van der Waals surface area contributed by atoms with Crippen molar-refractivity contribution in [3.8, 4) is 28.3 Å². The van der Waals surface area contributed by atoms with Crippen molar-refractivity contribution >= 4 is 10.9 Å². The molecule has 2 heterocycles. The summed E-state index contributed by atoms with van der Waals surface area (Å²) in [6.45, 7) is 3.86. The highest BCUT2D eigenvalue weighted by Gasteiger charge is 2.17. The SMILES string of the molecule is COc1cc(C)c(-c2ccc3[nH]c(-c4c(F)cccc4F)c(C)c3c2)cn1. The van der Waals surface area contributed by atoms with Gasteiger partial charge in [0, 0.05) is 28.7 Å². The van der Waals surface area contributed by atoms with Crippen LogP contribution in [0, 0.1) is 25.5 Å². The number of hydrogen-bond donors (Lipinski definition) is 1. The first-order valence-electron chi connectivity index (χ1n) is 8.57. The zero-order chi connectivity index (χ0) is 19.1. The average Bonchev–Trinajstić information content (AvgIpc) is 2.97. The van der Waals surface area contributed by atoms with E-state index in [9.17, 15) is 8.78 Å². The molecule has 0 bridgehead atoms. The summed E-state index contributed by atoms with van der Waals surface area (Å²) < 4.78 is 33.6. The summed E-state index contributed by atoms with van der Waals surface area (Å²) in [6.07, 6.45) is 1.77. The molecule has 2 aromatic carbocycles. The highest BCUT2D eigenvalue weighted by atomic mass is 19.1. The number of H-pyrrole nitrogens is 1. The first-order chi connectivity index (χ1) is 13.0. The van der Waals surface area contributed by atoms with Gasteiger partial charge in [0.25, 0.3) is 0 Å². The van der Waals surface area contributed by atoms with Gasteiger partial charge in [-0.1, -0.05) is 12.1 Å². The Kier molecular flexibility index (Phi) is 4.15. The van der Waals surface area contributed by atoms with Crippen LogP contribution in [0.2, 0.25) is 0 Å². The molecule has 0 radical (unpaired) electrons. The van der Waals surface area contributed by atoms with Crippen LogP contribution in [0.3, 0.4) is 0 Å². The first-order valence-corrected chi connectivity index (χ1v) is 8.57. The van der Waals surface area contributed by atoms with Crippen LogP contribution in [-0.4, -0.2) is 17.1 Å². The number of halogens is 2. The van der Waals surface area contributed by atoms with Crippen LogP contribution in [0.15, 0.2) is 48.7 Å². The predicted octanol–water partition coefficient (Wildman–Crippen LogP) is 5.80. The van der Waals surface area contributed by atoms with Gasteiger partial charge in [-0.25, -0.2) is 13.8 Å². The number of ether oxygens (including phenoxy) is 1. The number of aryl methyl sites for hydroxylation is 2. The van der Waals surface area contributed by atoms with Crippen LogP contribution in [-0.2, 0) is 0 Å². The van der Waals surface area contributed by atoms with E-state index in [0.29, 0.717) is 11.6 Å². The van der Waals surface area contributed by atoms with Crippen LogP contribution in [0.25, 0.3) is 33.3 Å². The predicted molar refractivity (Wildman–Crippen MR) is 103 cm³/mol. The van der Waals surface area contributed by atoms with Crippen molar-refractivity contribution in [3.63, 3.8) is 0 Å². The lowest BCUT2D eigenvalue weighted by molar-refractivity contribution is 0.397. The van der Waals surface area contributed by atoms with Crippen molar-refractivity contribution in [2.75, 3.05) is 7.11 Å². The lowest BCUT2D eigenvalue weighted by atomic mass is 9.99. The maximum absolute atomic E-state index is 14.2. The smallest absolute Gasteiger partial charge is 0.213 e. The van der Waals surface area contributed by atoms with Gasteiger partial charge in [0.2, 0.25) is 5.88 Å². The molecule has 0 amide bonds. The van der Waals surface area contributed by atoms with Crippen molar-refractivity contribution < 1.29 is 13.5 Å². The maximum Gasteiger partial charge on any atom is 0.213 e. The number of aromatic nitrogens is 2. The molecule has 0 fully saturated rings. The molecule has 0 unspecified atom stereocenters. The van der Waals surface area contributed by atoms with Gasteiger partial charge in [0.1, 0.15) is 11.6 Å². The zero-order valence-electron chi connectivity index (χ0n) is 15.2. The Morgan fingerprint density at radius 1 is 1.00 bits per heavy atom. The fourth-order valence-corrected chi connectivity index (χ4v) is 3.42. The first kappa shape index (κ1) is 17.2. The molecule has 4 rings (SSSR count). The molecule has 136 valence electrons. The summed E-state index contributed by atoms with van der Waals surface area (Å²) >= 11 is 0. The fourth-order valence-electron chi connectivity index (χ4n) is 3.42. The second-order valence-electron chi connectivity index (χ2n) is 6.52. The number of pyridine rings is 1. The summed E-state index contributed by atoms with van der Waals surface area (Å²) in [6, 6.07) is 11.7. The molecule has 0 saturated heterocycles. The highest BCUT2D eigenvalue weighted by molar-refractivity contribution is 5.93. The quantitative estimate of drug-likeness (QED) is 0.499. The number of rotatable bonds is 3. The second-order valence-corrected chi connectivity index (χ2v) is 6.52. The molecule has 0 spiro atoms. The van der Waals surface area contributed by atoms with Crippen LogP contribution in [0.4, 0.5) is 8.78 Å². The third kappa shape index (κ3) is 2.85. The molecule has 2 aromatic heterocycles. The third-order valence-electron chi connectivity index (χ3n) is 4.88. The Bertz CT molecular complexity index is 1140. The summed E-state index contributed by atoms with van der Waals surface area (Å²) in [7, 11) is 1.58. The Morgan fingerprint density at radius 2 is 1.74 bits per heavy atom. The van der Waals surface area contributed by atoms with Gasteiger partial charge in [-0.15, -0.1) is 0 Å². The Balaban J connectivity index is 1.88. The molecule has 0 aliphatic carbocycles. The molecule has 0 aliphatic rings. The van der Waals surface area contributed by atoms with Crippen molar-refractivity contribution in [2.24, 2.45) is 0 Å². The molecule has 0 aliphatic heterocycles. The summed E-state index contributed by atoms with van der Waals surface area (Å²) in [4.78, 5) is 7.44. The van der Waals surface area contributed by atoms with Crippen LogP contribution >= 0.6 is 0 Å². The molecular formula is C22H18F2N2O. The van der Waals surface area contributed by atoms with Gasteiger partial charge in [0.15, 0.2) is 0 Å². The van der Waals surface area contributed by atoms with E-state index >= 15 is 0 Å². The Hall–Kier alpha value is -3.21. The zero-order valence-corrected chi connectivity index (χ0v) is 15.2. The minimum atomic E-state index is -0.583. The van der Waals surface area contributed by atoms with Crippen LogP contribution < -0.4 is 4.74 Å². The third-order valence-corrected chi connectivity index (χ3v) is 4.88. The van der Waals surface area contributed by atoms with E-state index in [1.54, 1.807) is 13.3 Å². The van der Waals surface area contributed by atoms with Crippen LogP contribution in [0.1, 0.15) is 11.1 Å². The average molecular weight is 364 g/mol. The van der Waals surface area contributed by atoms with Crippen molar-refractivity contribution in [1.82, 2.24) is 9.97 Å². The molecule has 0 saturated carbocycles. The molecule has 27 heavy (non-hydrogen) atoms. The van der Waals surface area contributed by atoms with Gasteiger partial charge in [-0.3, -0.25) is 0 Å². The van der Waals surface area contributed by atoms with Crippen LogP contribution in [0.5, 0.6) is 5.88 Å². The molecule has 3 nitrogen and oxygen atoms in total. The number of nitrogens with zero attached hydrogens (tertiary/aromatic N) is 1. The van der Waals surface area contributed by atoms with Gasteiger partial charge < -0.3 is 9.72 Å². The van der Waals surface area contributed by atoms with Crippen molar-refractivity contribution in [2.45, 2.75) is 13.8 Å². The summed E-state index contributed by atoms with van der Waals surface area (Å²) in [5.74, 6) is -0.604. The monoisotopic (exact) mass is 364 g/mol. The second kappa shape index (κ2) is 6.50. The topological polar surface area (TPSA) is 37.9 Å². The molecule has 5 heteroatoms. The number of fused-ring (bicyclic) bond motifs is 1. The number of methoxy groups -OCH3 is 1. The fraction of sp³-hybridized carbons (Fsp3) is 0.136. The standard InChI is InChI=1S/C22H18F2N2O/c1-12-9-20(27-3)25-11-16(12)14-7-8-19-15(10-14)13(2)22(26-19)21-17(23)5-4-6-18(21)24/h4-11,26H,1-3H3. The summed E-state index contributed by atoms with van der Waals surface area (Å²) in [5.41, 5.74) is 5.06. The van der Waals surface area contributed by atoms with Crippen molar-refractivity contribution in [1.29, 1.82) is 0 Å². The minimum Gasteiger partial charge on any atom is -0.481 e. The lowest BCUT2D eigenvalue weighted by Gasteiger charge is -2.08.